The lowest BCUT2D eigenvalue weighted by Crippen LogP contribution is -1.98. The molecule has 1 unspecified atom stereocenters. The van der Waals surface area contributed by atoms with Crippen LogP contribution in [-0.4, -0.2) is 6.54 Å². The van der Waals surface area contributed by atoms with Crippen LogP contribution in [0.25, 0.3) is 0 Å². The highest BCUT2D eigenvalue weighted by atomic mass is 19.1. The molecule has 1 aliphatic heterocycles. The van der Waals surface area contributed by atoms with Gasteiger partial charge in [0.05, 0.1) is 17.7 Å². The molecule has 0 radical (unpaired) electrons. The molecule has 1 atom stereocenters. The van der Waals surface area contributed by atoms with Gasteiger partial charge in [0.25, 0.3) is 0 Å². The summed E-state index contributed by atoms with van der Waals surface area (Å²) in [6.07, 6.45) is 0. The van der Waals surface area contributed by atoms with Crippen LogP contribution in [0.1, 0.15) is 11.5 Å². The van der Waals surface area contributed by atoms with Gasteiger partial charge in [-0.05, 0) is 11.6 Å². The van der Waals surface area contributed by atoms with Crippen molar-refractivity contribution < 1.29 is 4.39 Å². The first-order chi connectivity index (χ1) is 5.83. The molecule has 0 amide bonds. The van der Waals surface area contributed by atoms with Gasteiger partial charge in [-0.25, -0.2) is 4.39 Å². The highest BCUT2D eigenvalue weighted by molar-refractivity contribution is 5.60. The lowest BCUT2D eigenvalue weighted by Gasteiger charge is -1.99. The van der Waals surface area contributed by atoms with Gasteiger partial charge in [0, 0.05) is 6.54 Å². The van der Waals surface area contributed by atoms with Gasteiger partial charge in [-0.3, -0.25) is 0 Å². The number of fused-ring (bicyclic) bond motifs is 1. The molecule has 0 aromatic heterocycles. The number of benzene rings is 1. The van der Waals surface area contributed by atoms with Crippen LogP contribution in [0, 0.1) is 17.1 Å². The largest absolute Gasteiger partial charge is 0.381 e. The Morgan fingerprint density at radius 2 is 2.42 bits per heavy atom. The van der Waals surface area contributed by atoms with E-state index in [1.165, 1.54) is 6.07 Å². The maximum absolute atomic E-state index is 13.0. The molecule has 0 spiro atoms. The zero-order chi connectivity index (χ0) is 8.55. The molecule has 0 saturated heterocycles. The Balaban J connectivity index is 2.55. The second-order valence-corrected chi connectivity index (χ2v) is 2.77. The van der Waals surface area contributed by atoms with Gasteiger partial charge in [0.1, 0.15) is 5.82 Å². The third kappa shape index (κ3) is 0.850. The van der Waals surface area contributed by atoms with Gasteiger partial charge >= 0.3 is 0 Å². The summed E-state index contributed by atoms with van der Waals surface area (Å²) in [6, 6.07) is 6.93. The van der Waals surface area contributed by atoms with Crippen molar-refractivity contribution in [3.05, 3.63) is 29.6 Å². The number of anilines is 1. The lowest BCUT2D eigenvalue weighted by molar-refractivity contribution is 0.631. The number of halogens is 1. The quantitative estimate of drug-likeness (QED) is 0.632. The van der Waals surface area contributed by atoms with E-state index in [0.717, 1.165) is 5.56 Å². The first-order valence-electron chi connectivity index (χ1n) is 3.75. The molecular formula is C9H7FN2. The lowest BCUT2D eigenvalue weighted by atomic mass is 10.0. The zero-order valence-electron chi connectivity index (χ0n) is 6.34. The van der Waals surface area contributed by atoms with E-state index < -0.39 is 0 Å². The van der Waals surface area contributed by atoms with Crippen LogP contribution in [0.15, 0.2) is 18.2 Å². The van der Waals surface area contributed by atoms with Crippen LogP contribution >= 0.6 is 0 Å². The predicted molar refractivity (Wildman–Crippen MR) is 43.2 cm³/mol. The highest BCUT2D eigenvalue weighted by Gasteiger charge is 2.23. The first kappa shape index (κ1) is 7.11. The van der Waals surface area contributed by atoms with Gasteiger partial charge < -0.3 is 5.32 Å². The summed E-state index contributed by atoms with van der Waals surface area (Å²) in [5.74, 6) is -0.471. The molecule has 1 heterocycles. The van der Waals surface area contributed by atoms with E-state index in [1.807, 2.05) is 0 Å². The zero-order valence-corrected chi connectivity index (χ0v) is 6.34. The molecule has 2 nitrogen and oxygen atoms in total. The van der Waals surface area contributed by atoms with Crippen LogP contribution < -0.4 is 5.32 Å². The van der Waals surface area contributed by atoms with Gasteiger partial charge in [-0.2, -0.15) is 5.26 Å². The molecule has 0 saturated carbocycles. The van der Waals surface area contributed by atoms with E-state index in [0.29, 0.717) is 12.2 Å². The van der Waals surface area contributed by atoms with Crippen molar-refractivity contribution in [1.82, 2.24) is 0 Å². The predicted octanol–water partition coefficient (Wildman–Crippen LogP) is 1.86. The molecule has 0 fully saturated rings. The summed E-state index contributed by atoms with van der Waals surface area (Å²) < 4.78 is 13.0. The number of para-hydroxylation sites is 1. The molecule has 0 bridgehead atoms. The standard InChI is InChI=1S/C9H7FN2/c10-8-3-1-2-7-6(4-11)5-12-9(7)8/h1-3,6,12H,5H2. The topological polar surface area (TPSA) is 35.8 Å². The second-order valence-electron chi connectivity index (χ2n) is 2.77. The number of hydrogen-bond donors (Lipinski definition) is 1. The Labute approximate surface area is 69.6 Å². The molecule has 1 aliphatic rings. The van der Waals surface area contributed by atoms with Crippen molar-refractivity contribution in [2.75, 3.05) is 11.9 Å². The number of rotatable bonds is 0. The minimum atomic E-state index is -0.273. The van der Waals surface area contributed by atoms with E-state index in [9.17, 15) is 4.39 Å². The number of hydrogen-bond acceptors (Lipinski definition) is 2. The Hall–Kier alpha value is -1.56. The van der Waals surface area contributed by atoms with Crippen LogP contribution in [0.4, 0.5) is 10.1 Å². The van der Waals surface area contributed by atoms with Gasteiger partial charge in [0.2, 0.25) is 0 Å². The molecule has 60 valence electrons. The van der Waals surface area contributed by atoms with Crippen molar-refractivity contribution in [2.24, 2.45) is 0 Å². The van der Waals surface area contributed by atoms with Gasteiger partial charge in [-0.15, -0.1) is 0 Å². The monoisotopic (exact) mass is 162 g/mol. The molecule has 2 rings (SSSR count). The molecule has 1 aromatic carbocycles. The Morgan fingerprint density at radius 1 is 1.58 bits per heavy atom. The van der Waals surface area contributed by atoms with E-state index >= 15 is 0 Å². The van der Waals surface area contributed by atoms with Gasteiger partial charge in [-0.1, -0.05) is 12.1 Å². The minimum Gasteiger partial charge on any atom is -0.381 e. The van der Waals surface area contributed by atoms with Crippen LogP contribution in [0.5, 0.6) is 0 Å². The fourth-order valence-electron chi connectivity index (χ4n) is 1.45. The van der Waals surface area contributed by atoms with E-state index in [-0.39, 0.29) is 11.7 Å². The molecule has 1 N–H and O–H groups in total. The van der Waals surface area contributed by atoms with Gasteiger partial charge in [0.15, 0.2) is 0 Å². The summed E-state index contributed by atoms with van der Waals surface area (Å²) in [6.45, 7) is 0.521. The fraction of sp³-hybridized carbons (Fsp3) is 0.222. The van der Waals surface area contributed by atoms with Crippen molar-refractivity contribution in [1.29, 1.82) is 5.26 Å². The maximum Gasteiger partial charge on any atom is 0.146 e. The summed E-state index contributed by atoms with van der Waals surface area (Å²) in [7, 11) is 0. The van der Waals surface area contributed by atoms with Crippen molar-refractivity contribution in [3.63, 3.8) is 0 Å². The Bertz CT molecular complexity index is 354. The number of nitrogens with one attached hydrogen (secondary N) is 1. The number of nitriles is 1. The summed E-state index contributed by atoms with van der Waals surface area (Å²) in [4.78, 5) is 0. The van der Waals surface area contributed by atoms with Crippen molar-refractivity contribution in [2.45, 2.75) is 5.92 Å². The fourth-order valence-corrected chi connectivity index (χ4v) is 1.45. The summed E-state index contributed by atoms with van der Waals surface area (Å²) in [5, 5.41) is 11.6. The Kier molecular flexibility index (Phi) is 1.47. The summed E-state index contributed by atoms with van der Waals surface area (Å²) in [5.41, 5.74) is 1.27. The summed E-state index contributed by atoms with van der Waals surface area (Å²) >= 11 is 0. The van der Waals surface area contributed by atoms with E-state index in [2.05, 4.69) is 11.4 Å². The van der Waals surface area contributed by atoms with E-state index in [1.54, 1.807) is 12.1 Å². The third-order valence-corrected chi connectivity index (χ3v) is 2.06. The van der Waals surface area contributed by atoms with E-state index in [4.69, 9.17) is 5.26 Å². The normalized spacial score (nSPS) is 19.5. The van der Waals surface area contributed by atoms with Crippen LogP contribution in [-0.2, 0) is 0 Å². The van der Waals surface area contributed by atoms with Crippen molar-refractivity contribution >= 4 is 5.69 Å². The minimum absolute atomic E-state index is 0.198. The van der Waals surface area contributed by atoms with Crippen molar-refractivity contribution in [3.8, 4) is 6.07 Å². The highest BCUT2D eigenvalue weighted by Crippen LogP contribution is 2.32. The molecule has 3 heteroatoms. The Morgan fingerprint density at radius 3 is 3.17 bits per heavy atom. The average Bonchev–Trinajstić information content (AvgIpc) is 2.49. The smallest absolute Gasteiger partial charge is 0.146 e. The SMILES string of the molecule is N#CC1CNc2c(F)cccc21. The van der Waals surface area contributed by atoms with Crippen LogP contribution in [0.3, 0.4) is 0 Å². The third-order valence-electron chi connectivity index (χ3n) is 2.06. The average molecular weight is 162 g/mol. The molecule has 1 aromatic rings. The van der Waals surface area contributed by atoms with Crippen LogP contribution in [0.2, 0.25) is 0 Å². The maximum atomic E-state index is 13.0. The second kappa shape index (κ2) is 2.49. The molecule has 0 aliphatic carbocycles. The molecule has 12 heavy (non-hydrogen) atoms. The molecular weight excluding hydrogens is 155 g/mol. The first-order valence-corrected chi connectivity index (χ1v) is 3.75. The number of nitrogens with zero attached hydrogens (tertiary/aromatic N) is 1.